The molecule has 0 unspecified atom stereocenters. The number of benzene rings is 3. The quantitative estimate of drug-likeness (QED) is 0.302. The van der Waals surface area contributed by atoms with Crippen molar-refractivity contribution < 1.29 is 4.79 Å². The number of amides is 2. The molecule has 0 radical (unpaired) electrons. The molecule has 5 aromatic rings. The first kappa shape index (κ1) is 22.2. The van der Waals surface area contributed by atoms with Gasteiger partial charge in [0, 0.05) is 22.5 Å². The Labute approximate surface area is 214 Å². The average molecular weight is 494 g/mol. The van der Waals surface area contributed by atoms with E-state index in [1.807, 2.05) is 114 Å². The molecule has 1 aliphatic heterocycles. The summed E-state index contributed by atoms with van der Waals surface area (Å²) in [5.41, 5.74) is 5.53. The molecule has 6 rings (SSSR count). The van der Waals surface area contributed by atoms with E-state index in [1.54, 1.807) is 0 Å². The van der Waals surface area contributed by atoms with Crippen LogP contribution in [0, 0.1) is 6.92 Å². The SMILES string of the molecule is Cc1nn(-c2ccccc2)c2c1CN(C(=O)Nc1ccccc1)[C@@H](c1ccc(Cl)cc1)c1cccn1-2. The molecular weight excluding hydrogens is 470 g/mol. The Morgan fingerprint density at radius 1 is 0.917 bits per heavy atom. The summed E-state index contributed by atoms with van der Waals surface area (Å²) in [5.74, 6) is 0.938. The summed E-state index contributed by atoms with van der Waals surface area (Å²) < 4.78 is 4.11. The third kappa shape index (κ3) is 3.85. The fourth-order valence-electron chi connectivity index (χ4n) is 4.86. The highest BCUT2D eigenvalue weighted by molar-refractivity contribution is 6.30. The van der Waals surface area contributed by atoms with E-state index in [1.165, 1.54) is 0 Å². The normalized spacial score (nSPS) is 14.6. The number of urea groups is 1. The van der Waals surface area contributed by atoms with Crippen LogP contribution in [-0.4, -0.2) is 25.3 Å². The lowest BCUT2D eigenvalue weighted by Crippen LogP contribution is -2.38. The van der Waals surface area contributed by atoms with Gasteiger partial charge in [-0.25, -0.2) is 9.48 Å². The molecule has 3 heterocycles. The van der Waals surface area contributed by atoms with E-state index in [4.69, 9.17) is 16.7 Å². The number of nitrogens with zero attached hydrogens (tertiary/aromatic N) is 4. The van der Waals surface area contributed by atoms with E-state index in [9.17, 15) is 4.79 Å². The molecule has 178 valence electrons. The van der Waals surface area contributed by atoms with Crippen molar-refractivity contribution in [3.63, 3.8) is 0 Å². The molecule has 6 nitrogen and oxygen atoms in total. The molecule has 0 saturated heterocycles. The first-order chi connectivity index (χ1) is 17.6. The number of rotatable bonds is 3. The molecule has 1 N–H and O–H groups in total. The van der Waals surface area contributed by atoms with Crippen molar-refractivity contribution in [1.29, 1.82) is 0 Å². The number of anilines is 1. The van der Waals surface area contributed by atoms with Gasteiger partial charge in [-0.05, 0) is 61.0 Å². The van der Waals surface area contributed by atoms with Crippen LogP contribution in [0.1, 0.15) is 28.6 Å². The van der Waals surface area contributed by atoms with Gasteiger partial charge in [0.15, 0.2) is 0 Å². The van der Waals surface area contributed by atoms with Gasteiger partial charge >= 0.3 is 6.03 Å². The Hall–Kier alpha value is -4.29. The van der Waals surface area contributed by atoms with Crippen LogP contribution in [0.25, 0.3) is 11.5 Å². The summed E-state index contributed by atoms with van der Waals surface area (Å²) in [6, 6.07) is 30.9. The fraction of sp³-hybridized carbons (Fsp3) is 0.103. The number of halogens is 1. The summed E-state index contributed by atoms with van der Waals surface area (Å²) in [7, 11) is 0. The smallest absolute Gasteiger partial charge is 0.308 e. The molecule has 7 heteroatoms. The number of aryl methyl sites for hydroxylation is 1. The Bertz CT molecular complexity index is 1520. The van der Waals surface area contributed by atoms with E-state index in [0.29, 0.717) is 11.6 Å². The van der Waals surface area contributed by atoms with Crippen LogP contribution in [0.4, 0.5) is 10.5 Å². The molecule has 36 heavy (non-hydrogen) atoms. The van der Waals surface area contributed by atoms with E-state index in [2.05, 4.69) is 16.0 Å². The van der Waals surface area contributed by atoms with Gasteiger partial charge in [-0.2, -0.15) is 5.10 Å². The predicted octanol–water partition coefficient (Wildman–Crippen LogP) is 6.76. The van der Waals surface area contributed by atoms with Crippen LogP contribution >= 0.6 is 11.6 Å². The zero-order valence-electron chi connectivity index (χ0n) is 19.7. The maximum atomic E-state index is 13.9. The van der Waals surface area contributed by atoms with Crippen molar-refractivity contribution in [1.82, 2.24) is 19.2 Å². The Morgan fingerprint density at radius 2 is 1.61 bits per heavy atom. The van der Waals surface area contributed by atoms with Crippen molar-refractivity contribution in [2.45, 2.75) is 19.5 Å². The third-order valence-electron chi connectivity index (χ3n) is 6.56. The minimum absolute atomic E-state index is 0.186. The average Bonchev–Trinajstić information content (AvgIpc) is 3.46. The molecule has 0 fully saturated rings. The van der Waals surface area contributed by atoms with Crippen molar-refractivity contribution in [2.75, 3.05) is 5.32 Å². The predicted molar refractivity (Wildman–Crippen MR) is 142 cm³/mol. The highest BCUT2D eigenvalue weighted by atomic mass is 35.5. The number of carbonyl (C=O) groups excluding carboxylic acids is 1. The number of hydrogen-bond acceptors (Lipinski definition) is 2. The minimum Gasteiger partial charge on any atom is -0.308 e. The number of para-hydroxylation sites is 2. The number of carbonyl (C=O) groups is 1. The van der Waals surface area contributed by atoms with Gasteiger partial charge in [0.05, 0.1) is 29.7 Å². The second-order valence-electron chi connectivity index (χ2n) is 8.82. The molecule has 0 bridgehead atoms. The van der Waals surface area contributed by atoms with E-state index < -0.39 is 0 Å². The lowest BCUT2D eigenvalue weighted by Gasteiger charge is -2.31. The highest BCUT2D eigenvalue weighted by Crippen LogP contribution is 2.39. The second-order valence-corrected chi connectivity index (χ2v) is 9.25. The Balaban J connectivity index is 1.54. The number of aromatic nitrogens is 3. The molecule has 1 aliphatic rings. The topological polar surface area (TPSA) is 55.1 Å². The minimum atomic E-state index is -0.336. The van der Waals surface area contributed by atoms with Crippen LogP contribution < -0.4 is 5.32 Å². The molecule has 0 saturated carbocycles. The van der Waals surface area contributed by atoms with Gasteiger partial charge in [0.25, 0.3) is 0 Å². The Morgan fingerprint density at radius 3 is 2.33 bits per heavy atom. The lowest BCUT2D eigenvalue weighted by atomic mass is 10.0. The monoisotopic (exact) mass is 493 g/mol. The number of nitrogens with one attached hydrogen (secondary N) is 1. The number of fused-ring (bicyclic) bond motifs is 3. The summed E-state index contributed by atoms with van der Waals surface area (Å²) in [6.45, 7) is 2.39. The summed E-state index contributed by atoms with van der Waals surface area (Å²) in [5, 5.41) is 8.63. The summed E-state index contributed by atoms with van der Waals surface area (Å²) in [6.07, 6.45) is 2.04. The molecule has 0 spiro atoms. The second kappa shape index (κ2) is 9.06. The van der Waals surface area contributed by atoms with E-state index in [0.717, 1.165) is 39.7 Å². The van der Waals surface area contributed by atoms with Crippen LogP contribution in [0.3, 0.4) is 0 Å². The van der Waals surface area contributed by atoms with Gasteiger partial charge in [-0.15, -0.1) is 0 Å². The maximum absolute atomic E-state index is 13.9. The van der Waals surface area contributed by atoms with Crippen LogP contribution in [0.2, 0.25) is 5.02 Å². The van der Waals surface area contributed by atoms with Crippen molar-refractivity contribution in [2.24, 2.45) is 0 Å². The standard InChI is InChI=1S/C29H24ClN5O/c1-20-25-19-34(29(36)31-23-9-4-2-5-10-23)27(21-14-16-22(30)17-15-21)26-13-8-18-33(26)28(25)35(32-20)24-11-6-3-7-12-24/h2-18,27H,19H2,1H3,(H,31,36)/t27-/m0/s1. The largest absolute Gasteiger partial charge is 0.322 e. The van der Waals surface area contributed by atoms with Crippen molar-refractivity contribution >= 4 is 23.3 Å². The van der Waals surface area contributed by atoms with Crippen LogP contribution in [0.15, 0.2) is 103 Å². The zero-order valence-corrected chi connectivity index (χ0v) is 20.4. The van der Waals surface area contributed by atoms with Gasteiger partial charge in [-0.1, -0.05) is 60.1 Å². The lowest BCUT2D eigenvalue weighted by molar-refractivity contribution is 0.194. The third-order valence-corrected chi connectivity index (χ3v) is 6.81. The summed E-state index contributed by atoms with van der Waals surface area (Å²) >= 11 is 6.22. The number of hydrogen-bond donors (Lipinski definition) is 1. The molecular formula is C29H24ClN5O. The zero-order chi connectivity index (χ0) is 24.6. The van der Waals surface area contributed by atoms with E-state index >= 15 is 0 Å². The van der Waals surface area contributed by atoms with E-state index in [-0.39, 0.29) is 12.1 Å². The van der Waals surface area contributed by atoms with Crippen LogP contribution in [-0.2, 0) is 6.54 Å². The first-order valence-electron chi connectivity index (χ1n) is 11.8. The molecule has 1 atom stereocenters. The maximum Gasteiger partial charge on any atom is 0.322 e. The fourth-order valence-corrected chi connectivity index (χ4v) is 4.99. The molecule has 3 aromatic carbocycles. The molecule has 0 aliphatic carbocycles. The summed E-state index contributed by atoms with van der Waals surface area (Å²) in [4.78, 5) is 15.7. The highest BCUT2D eigenvalue weighted by Gasteiger charge is 2.36. The van der Waals surface area contributed by atoms with Crippen molar-refractivity contribution in [3.8, 4) is 11.5 Å². The van der Waals surface area contributed by atoms with Crippen LogP contribution in [0.5, 0.6) is 0 Å². The van der Waals surface area contributed by atoms with Gasteiger partial charge in [0.2, 0.25) is 0 Å². The van der Waals surface area contributed by atoms with Gasteiger partial charge < -0.3 is 14.8 Å². The van der Waals surface area contributed by atoms with Crippen molar-refractivity contribution in [3.05, 3.63) is 131 Å². The van der Waals surface area contributed by atoms with Gasteiger partial charge in [0.1, 0.15) is 5.82 Å². The Kier molecular flexibility index (Phi) is 5.58. The van der Waals surface area contributed by atoms with Gasteiger partial charge in [-0.3, -0.25) is 0 Å². The first-order valence-corrected chi connectivity index (χ1v) is 12.2. The molecule has 2 amide bonds. The molecule has 2 aromatic heterocycles.